The first kappa shape index (κ1) is 13.2. The van der Waals surface area contributed by atoms with Gasteiger partial charge in [0.05, 0.1) is 19.0 Å². The topological polar surface area (TPSA) is 60.1 Å². The van der Waals surface area contributed by atoms with Crippen LogP contribution >= 0.6 is 0 Å². The van der Waals surface area contributed by atoms with Crippen LogP contribution in [0.4, 0.5) is 0 Å². The summed E-state index contributed by atoms with van der Waals surface area (Å²) in [7, 11) is 0. The average Bonchev–Trinajstić information content (AvgIpc) is 3.17. The van der Waals surface area contributed by atoms with Crippen molar-refractivity contribution in [3.05, 3.63) is 66.9 Å². The highest BCUT2D eigenvalue weighted by Gasteiger charge is 2.06. The third-order valence-corrected chi connectivity index (χ3v) is 3.09. The van der Waals surface area contributed by atoms with Gasteiger partial charge < -0.3 is 9.73 Å². The zero-order chi connectivity index (χ0) is 14.5. The molecular weight excluding hydrogens is 266 g/mol. The summed E-state index contributed by atoms with van der Waals surface area (Å²) in [6.45, 7) is 0.576. The van der Waals surface area contributed by atoms with E-state index >= 15 is 0 Å². The van der Waals surface area contributed by atoms with Gasteiger partial charge in [-0.1, -0.05) is 30.3 Å². The minimum Gasteiger partial charge on any atom is -0.467 e. The number of carbonyl (C=O) groups excluding carboxylic acids is 1. The van der Waals surface area contributed by atoms with Gasteiger partial charge in [-0.2, -0.15) is 5.10 Å². The van der Waals surface area contributed by atoms with Crippen molar-refractivity contribution >= 4 is 5.91 Å². The lowest BCUT2D eigenvalue weighted by Crippen LogP contribution is -2.27. The Kier molecular flexibility index (Phi) is 3.82. The van der Waals surface area contributed by atoms with Crippen molar-refractivity contribution in [2.45, 2.75) is 13.1 Å². The molecule has 5 heteroatoms. The van der Waals surface area contributed by atoms with Crippen molar-refractivity contribution < 1.29 is 9.21 Å². The van der Waals surface area contributed by atoms with E-state index in [0.717, 1.165) is 16.9 Å². The highest BCUT2D eigenvalue weighted by atomic mass is 16.3. The number of aromatic nitrogens is 2. The Morgan fingerprint density at radius 3 is 2.76 bits per heavy atom. The highest BCUT2D eigenvalue weighted by Crippen LogP contribution is 2.17. The van der Waals surface area contributed by atoms with Crippen LogP contribution in [0.1, 0.15) is 5.76 Å². The van der Waals surface area contributed by atoms with Crippen LogP contribution in [0.3, 0.4) is 0 Å². The van der Waals surface area contributed by atoms with Crippen molar-refractivity contribution in [1.29, 1.82) is 0 Å². The van der Waals surface area contributed by atoms with Crippen LogP contribution in [0.5, 0.6) is 0 Å². The van der Waals surface area contributed by atoms with Crippen LogP contribution in [-0.4, -0.2) is 15.7 Å². The maximum atomic E-state index is 11.8. The Morgan fingerprint density at radius 1 is 1.14 bits per heavy atom. The molecule has 0 unspecified atom stereocenters. The van der Waals surface area contributed by atoms with Crippen LogP contribution in [0.15, 0.2) is 65.5 Å². The summed E-state index contributed by atoms with van der Waals surface area (Å²) in [5, 5.41) is 7.00. The number of hydrogen-bond acceptors (Lipinski definition) is 3. The summed E-state index contributed by atoms with van der Waals surface area (Å²) in [4.78, 5) is 11.8. The SMILES string of the molecule is O=C(Cn1cc(-c2ccccc2)cn1)NCc1ccco1. The third kappa shape index (κ3) is 3.39. The van der Waals surface area contributed by atoms with Gasteiger partial charge in [-0.25, -0.2) is 0 Å². The van der Waals surface area contributed by atoms with Gasteiger partial charge in [0.1, 0.15) is 12.3 Å². The first-order valence-electron chi connectivity index (χ1n) is 6.68. The lowest BCUT2D eigenvalue weighted by Gasteiger charge is -2.03. The van der Waals surface area contributed by atoms with Gasteiger partial charge in [-0.05, 0) is 17.7 Å². The number of nitrogens with zero attached hydrogens (tertiary/aromatic N) is 2. The predicted octanol–water partition coefficient (Wildman–Crippen LogP) is 2.46. The van der Waals surface area contributed by atoms with Gasteiger partial charge >= 0.3 is 0 Å². The van der Waals surface area contributed by atoms with E-state index in [0.29, 0.717) is 6.54 Å². The molecule has 0 radical (unpaired) electrons. The van der Waals surface area contributed by atoms with E-state index in [1.807, 2.05) is 42.6 Å². The zero-order valence-corrected chi connectivity index (χ0v) is 11.4. The lowest BCUT2D eigenvalue weighted by molar-refractivity contribution is -0.122. The van der Waals surface area contributed by atoms with Gasteiger partial charge in [-0.15, -0.1) is 0 Å². The molecule has 0 spiro atoms. The molecule has 106 valence electrons. The predicted molar refractivity (Wildman–Crippen MR) is 78.2 cm³/mol. The molecule has 0 aliphatic rings. The van der Waals surface area contributed by atoms with Crippen molar-refractivity contribution in [1.82, 2.24) is 15.1 Å². The van der Waals surface area contributed by atoms with Crippen LogP contribution in [0, 0.1) is 0 Å². The molecule has 2 heterocycles. The standard InChI is InChI=1S/C16H15N3O2/c20-16(17-10-15-7-4-8-21-15)12-19-11-14(9-18-19)13-5-2-1-3-6-13/h1-9,11H,10,12H2,(H,17,20). The van der Waals surface area contributed by atoms with Crippen molar-refractivity contribution in [3.8, 4) is 11.1 Å². The number of amides is 1. The number of nitrogens with one attached hydrogen (secondary N) is 1. The minimum absolute atomic E-state index is 0.103. The normalized spacial score (nSPS) is 10.5. The summed E-state index contributed by atoms with van der Waals surface area (Å²) >= 11 is 0. The molecule has 5 nitrogen and oxygen atoms in total. The second-order valence-corrected chi connectivity index (χ2v) is 4.65. The van der Waals surface area contributed by atoms with Gasteiger partial charge in [0, 0.05) is 11.8 Å². The fraction of sp³-hybridized carbons (Fsp3) is 0.125. The summed E-state index contributed by atoms with van der Waals surface area (Å²) in [6, 6.07) is 13.6. The molecule has 0 saturated heterocycles. The molecule has 0 atom stereocenters. The third-order valence-electron chi connectivity index (χ3n) is 3.09. The fourth-order valence-electron chi connectivity index (χ4n) is 2.03. The first-order chi connectivity index (χ1) is 10.3. The van der Waals surface area contributed by atoms with E-state index in [1.165, 1.54) is 0 Å². The molecule has 2 aromatic heterocycles. The fourth-order valence-corrected chi connectivity index (χ4v) is 2.03. The Hall–Kier alpha value is -2.82. The number of benzene rings is 1. The summed E-state index contributed by atoms with van der Waals surface area (Å²) < 4.78 is 6.78. The maximum absolute atomic E-state index is 11.8. The molecule has 0 fully saturated rings. The van der Waals surface area contributed by atoms with E-state index in [2.05, 4.69) is 10.4 Å². The van der Waals surface area contributed by atoms with E-state index < -0.39 is 0 Å². The monoisotopic (exact) mass is 281 g/mol. The Balaban J connectivity index is 1.58. The van der Waals surface area contributed by atoms with E-state index in [1.54, 1.807) is 23.2 Å². The van der Waals surface area contributed by atoms with Crippen LogP contribution in [0.25, 0.3) is 11.1 Å². The number of furan rings is 1. The second-order valence-electron chi connectivity index (χ2n) is 4.65. The molecule has 0 bridgehead atoms. The Bertz CT molecular complexity index is 702. The molecule has 1 aromatic carbocycles. The van der Waals surface area contributed by atoms with Crippen molar-refractivity contribution in [3.63, 3.8) is 0 Å². The van der Waals surface area contributed by atoms with Crippen LogP contribution < -0.4 is 5.32 Å². The molecule has 0 aliphatic heterocycles. The van der Waals surface area contributed by atoms with E-state index in [-0.39, 0.29) is 12.5 Å². The summed E-state index contributed by atoms with van der Waals surface area (Å²) in [5.74, 6) is 0.628. The molecule has 21 heavy (non-hydrogen) atoms. The average molecular weight is 281 g/mol. The summed E-state index contributed by atoms with van der Waals surface area (Å²) in [5.41, 5.74) is 2.08. The van der Waals surface area contributed by atoms with Gasteiger partial charge in [0.2, 0.25) is 5.91 Å². The molecule has 3 rings (SSSR count). The second kappa shape index (κ2) is 6.09. The zero-order valence-electron chi connectivity index (χ0n) is 11.4. The Morgan fingerprint density at radius 2 is 2.00 bits per heavy atom. The smallest absolute Gasteiger partial charge is 0.242 e. The Labute approximate surface area is 122 Å². The summed E-state index contributed by atoms with van der Waals surface area (Å²) in [6.07, 6.45) is 5.21. The molecule has 0 saturated carbocycles. The molecule has 0 aliphatic carbocycles. The molecular formula is C16H15N3O2. The van der Waals surface area contributed by atoms with Gasteiger partial charge in [-0.3, -0.25) is 9.48 Å². The van der Waals surface area contributed by atoms with Crippen LogP contribution in [-0.2, 0) is 17.9 Å². The van der Waals surface area contributed by atoms with Crippen LogP contribution in [0.2, 0.25) is 0 Å². The van der Waals surface area contributed by atoms with E-state index in [9.17, 15) is 4.79 Å². The van der Waals surface area contributed by atoms with E-state index in [4.69, 9.17) is 4.42 Å². The largest absolute Gasteiger partial charge is 0.467 e. The number of carbonyl (C=O) groups is 1. The number of rotatable bonds is 5. The highest BCUT2D eigenvalue weighted by molar-refractivity contribution is 5.75. The van der Waals surface area contributed by atoms with Crippen molar-refractivity contribution in [2.24, 2.45) is 0 Å². The maximum Gasteiger partial charge on any atom is 0.242 e. The molecule has 1 N–H and O–H groups in total. The van der Waals surface area contributed by atoms with Crippen molar-refractivity contribution in [2.75, 3.05) is 0 Å². The first-order valence-corrected chi connectivity index (χ1v) is 6.68. The molecule has 3 aromatic rings. The lowest BCUT2D eigenvalue weighted by atomic mass is 10.1. The minimum atomic E-state index is -0.103. The number of hydrogen-bond donors (Lipinski definition) is 1. The quantitative estimate of drug-likeness (QED) is 0.781. The molecule has 1 amide bonds. The van der Waals surface area contributed by atoms with Gasteiger partial charge in [0.25, 0.3) is 0 Å². The van der Waals surface area contributed by atoms with Gasteiger partial charge in [0.15, 0.2) is 0 Å².